The van der Waals surface area contributed by atoms with Gasteiger partial charge in [-0.25, -0.2) is 4.39 Å². The summed E-state index contributed by atoms with van der Waals surface area (Å²) in [6, 6.07) is 5.02. The van der Waals surface area contributed by atoms with E-state index < -0.39 is 0 Å². The van der Waals surface area contributed by atoms with Gasteiger partial charge in [-0.2, -0.15) is 0 Å². The monoisotopic (exact) mass is 368 g/mol. The summed E-state index contributed by atoms with van der Waals surface area (Å²) in [7, 11) is 0. The zero-order chi connectivity index (χ0) is 14.8. The normalized spacial score (nSPS) is 23.2. The molecule has 0 spiro atoms. The second-order valence-electron chi connectivity index (χ2n) is 5.11. The van der Waals surface area contributed by atoms with Crippen LogP contribution in [0.4, 0.5) is 4.39 Å². The van der Waals surface area contributed by atoms with E-state index in [1.54, 1.807) is 18.2 Å². The maximum Gasteiger partial charge on any atom is 0.264 e. The highest BCUT2D eigenvalue weighted by molar-refractivity contribution is 9.10. The number of hydrogen-bond donors (Lipinski definition) is 1. The first-order chi connectivity index (χ1) is 10.1. The van der Waals surface area contributed by atoms with Crippen molar-refractivity contribution in [3.05, 3.63) is 39.0 Å². The fourth-order valence-electron chi connectivity index (χ4n) is 2.44. The molecule has 1 aromatic rings. The van der Waals surface area contributed by atoms with Crippen molar-refractivity contribution in [1.29, 1.82) is 0 Å². The minimum Gasteiger partial charge on any atom is -0.301 e. The van der Waals surface area contributed by atoms with Crippen LogP contribution in [0.25, 0.3) is 6.08 Å². The third kappa shape index (κ3) is 3.55. The Balaban J connectivity index is 1.77. The van der Waals surface area contributed by atoms with Gasteiger partial charge in [0.15, 0.2) is 5.17 Å². The SMILES string of the molecule is O=C1NC(=NC2CCCC2)S/C1=C\c1ccc(F)c(Br)c1. The van der Waals surface area contributed by atoms with E-state index in [0.717, 1.165) is 18.4 Å². The molecule has 3 nitrogen and oxygen atoms in total. The molecule has 1 heterocycles. The van der Waals surface area contributed by atoms with Crippen LogP contribution in [0.2, 0.25) is 0 Å². The molecule has 0 radical (unpaired) electrons. The molecule has 0 aromatic heterocycles. The number of halogens is 2. The Kier molecular flexibility index (Phi) is 4.45. The molecule has 21 heavy (non-hydrogen) atoms. The summed E-state index contributed by atoms with van der Waals surface area (Å²) in [6.07, 6.45) is 6.38. The third-order valence-electron chi connectivity index (χ3n) is 3.52. The van der Waals surface area contributed by atoms with Gasteiger partial charge in [-0.05, 0) is 64.3 Å². The van der Waals surface area contributed by atoms with Crippen molar-refractivity contribution in [3.8, 4) is 0 Å². The number of rotatable bonds is 2. The summed E-state index contributed by atoms with van der Waals surface area (Å²) < 4.78 is 13.6. The lowest BCUT2D eigenvalue weighted by Crippen LogP contribution is -2.21. The molecule has 3 rings (SSSR count). The number of benzene rings is 1. The zero-order valence-corrected chi connectivity index (χ0v) is 13.6. The maximum absolute atomic E-state index is 13.2. The van der Waals surface area contributed by atoms with E-state index in [2.05, 4.69) is 26.2 Å². The van der Waals surface area contributed by atoms with Crippen LogP contribution >= 0.6 is 27.7 Å². The summed E-state index contributed by atoms with van der Waals surface area (Å²) in [5.41, 5.74) is 0.781. The van der Waals surface area contributed by atoms with Gasteiger partial charge in [-0.3, -0.25) is 9.79 Å². The van der Waals surface area contributed by atoms with Gasteiger partial charge in [0.05, 0.1) is 15.4 Å². The van der Waals surface area contributed by atoms with Crippen LogP contribution in [0.3, 0.4) is 0 Å². The first-order valence-corrected chi connectivity index (χ1v) is 8.46. The van der Waals surface area contributed by atoms with E-state index in [0.29, 0.717) is 20.6 Å². The zero-order valence-electron chi connectivity index (χ0n) is 11.2. The van der Waals surface area contributed by atoms with Crippen LogP contribution in [0, 0.1) is 5.82 Å². The molecule has 1 aliphatic heterocycles. The molecule has 1 saturated carbocycles. The van der Waals surface area contributed by atoms with Crippen LogP contribution < -0.4 is 5.32 Å². The van der Waals surface area contributed by atoms with Crippen LogP contribution in [0.5, 0.6) is 0 Å². The molecular formula is C15H14BrFN2OS. The fourth-order valence-corrected chi connectivity index (χ4v) is 3.73. The number of carbonyl (C=O) groups excluding carboxylic acids is 1. The Bertz CT molecular complexity index is 639. The molecule has 0 unspecified atom stereocenters. The summed E-state index contributed by atoms with van der Waals surface area (Å²) in [5, 5.41) is 3.48. The average molecular weight is 369 g/mol. The number of amidine groups is 1. The number of nitrogens with zero attached hydrogens (tertiary/aromatic N) is 1. The number of nitrogens with one attached hydrogen (secondary N) is 1. The number of carbonyl (C=O) groups is 1. The molecule has 0 atom stereocenters. The third-order valence-corrected chi connectivity index (χ3v) is 5.05. The average Bonchev–Trinajstić information content (AvgIpc) is 3.05. The Morgan fingerprint density at radius 2 is 2.14 bits per heavy atom. The van der Waals surface area contributed by atoms with E-state index in [1.165, 1.54) is 30.7 Å². The maximum atomic E-state index is 13.2. The summed E-state index contributed by atoms with van der Waals surface area (Å²) >= 11 is 4.50. The number of hydrogen-bond acceptors (Lipinski definition) is 3. The van der Waals surface area contributed by atoms with Gasteiger partial charge in [-0.15, -0.1) is 0 Å². The predicted octanol–water partition coefficient (Wildman–Crippen LogP) is 4.09. The first-order valence-electron chi connectivity index (χ1n) is 6.85. The fraction of sp³-hybridized carbons (Fsp3) is 0.333. The van der Waals surface area contributed by atoms with E-state index in [-0.39, 0.29) is 11.7 Å². The lowest BCUT2D eigenvalue weighted by Gasteiger charge is -2.02. The molecule has 1 aliphatic carbocycles. The van der Waals surface area contributed by atoms with Crippen LogP contribution in [-0.2, 0) is 4.79 Å². The molecule has 0 bridgehead atoms. The molecule has 6 heteroatoms. The van der Waals surface area contributed by atoms with Crippen molar-refractivity contribution >= 4 is 44.8 Å². The van der Waals surface area contributed by atoms with E-state index in [9.17, 15) is 9.18 Å². The molecule has 2 fully saturated rings. The predicted molar refractivity (Wildman–Crippen MR) is 87.5 cm³/mol. The Hall–Kier alpha value is -1.14. The first kappa shape index (κ1) is 14.8. The van der Waals surface area contributed by atoms with Crippen molar-refractivity contribution in [1.82, 2.24) is 5.32 Å². The van der Waals surface area contributed by atoms with E-state index in [4.69, 9.17) is 0 Å². The minimum absolute atomic E-state index is 0.141. The minimum atomic E-state index is -0.316. The molecule has 110 valence electrons. The lowest BCUT2D eigenvalue weighted by molar-refractivity contribution is -0.115. The molecule has 1 aromatic carbocycles. The summed E-state index contributed by atoms with van der Waals surface area (Å²) in [6.45, 7) is 0. The Morgan fingerprint density at radius 3 is 2.86 bits per heavy atom. The Labute approximate surface area is 135 Å². The molecular weight excluding hydrogens is 355 g/mol. The quantitative estimate of drug-likeness (QED) is 0.798. The highest BCUT2D eigenvalue weighted by Gasteiger charge is 2.25. The molecule has 1 amide bonds. The van der Waals surface area contributed by atoms with Gasteiger partial charge in [0.25, 0.3) is 5.91 Å². The standard InChI is InChI=1S/C15H14BrFN2OS/c16-11-7-9(5-6-12(11)17)8-13-14(20)19-15(21-13)18-10-3-1-2-4-10/h5-8,10H,1-4H2,(H,18,19,20)/b13-8-. The highest BCUT2D eigenvalue weighted by atomic mass is 79.9. The Morgan fingerprint density at radius 1 is 1.38 bits per heavy atom. The van der Waals surface area contributed by atoms with E-state index >= 15 is 0 Å². The van der Waals surface area contributed by atoms with Crippen molar-refractivity contribution in [2.75, 3.05) is 0 Å². The smallest absolute Gasteiger partial charge is 0.264 e. The lowest BCUT2D eigenvalue weighted by atomic mass is 10.2. The second-order valence-corrected chi connectivity index (χ2v) is 7.00. The van der Waals surface area contributed by atoms with Gasteiger partial charge in [0, 0.05) is 0 Å². The van der Waals surface area contributed by atoms with Gasteiger partial charge in [0.2, 0.25) is 0 Å². The van der Waals surface area contributed by atoms with Crippen molar-refractivity contribution in [3.63, 3.8) is 0 Å². The highest BCUT2D eigenvalue weighted by Crippen LogP contribution is 2.29. The largest absolute Gasteiger partial charge is 0.301 e. The summed E-state index contributed by atoms with van der Waals surface area (Å²) in [5.74, 6) is -0.457. The van der Waals surface area contributed by atoms with Crippen molar-refractivity contribution in [2.45, 2.75) is 31.7 Å². The van der Waals surface area contributed by atoms with Gasteiger partial charge >= 0.3 is 0 Å². The van der Waals surface area contributed by atoms with Gasteiger partial charge in [0.1, 0.15) is 5.82 Å². The van der Waals surface area contributed by atoms with Crippen molar-refractivity contribution in [2.24, 2.45) is 4.99 Å². The van der Waals surface area contributed by atoms with Crippen molar-refractivity contribution < 1.29 is 9.18 Å². The second kappa shape index (κ2) is 6.32. The van der Waals surface area contributed by atoms with E-state index in [1.807, 2.05) is 0 Å². The summed E-state index contributed by atoms with van der Waals surface area (Å²) in [4.78, 5) is 17.1. The number of aliphatic imine (C=N–C) groups is 1. The van der Waals surface area contributed by atoms with Gasteiger partial charge in [-0.1, -0.05) is 18.9 Å². The van der Waals surface area contributed by atoms with Crippen LogP contribution in [-0.4, -0.2) is 17.1 Å². The van der Waals surface area contributed by atoms with Crippen LogP contribution in [0.15, 0.2) is 32.6 Å². The topological polar surface area (TPSA) is 41.5 Å². The molecule has 1 saturated heterocycles. The van der Waals surface area contributed by atoms with Crippen LogP contribution in [0.1, 0.15) is 31.2 Å². The molecule has 2 aliphatic rings. The molecule has 1 N–H and O–H groups in total. The number of thioether (sulfide) groups is 1. The van der Waals surface area contributed by atoms with Gasteiger partial charge < -0.3 is 5.32 Å². The number of amides is 1.